The molecule has 34 heavy (non-hydrogen) atoms. The van der Waals surface area contributed by atoms with Crippen molar-refractivity contribution in [2.75, 3.05) is 13.2 Å². The highest BCUT2D eigenvalue weighted by molar-refractivity contribution is 5.91. The highest BCUT2D eigenvalue weighted by atomic mass is 35.5. The lowest BCUT2D eigenvalue weighted by Crippen LogP contribution is -2.55. The molecule has 180 valence electrons. The molecule has 0 spiro atoms. The summed E-state index contributed by atoms with van der Waals surface area (Å²) in [5.41, 5.74) is 4.41. The van der Waals surface area contributed by atoms with E-state index in [1.807, 2.05) is 42.6 Å². The number of rotatable bonds is 7. The van der Waals surface area contributed by atoms with Crippen LogP contribution in [0.4, 0.5) is 0 Å². The zero-order valence-electron chi connectivity index (χ0n) is 19.0. The Morgan fingerprint density at radius 1 is 1.09 bits per heavy atom. The van der Waals surface area contributed by atoms with E-state index in [-0.39, 0.29) is 36.4 Å². The highest BCUT2D eigenvalue weighted by Gasteiger charge is 2.29. The van der Waals surface area contributed by atoms with E-state index in [4.69, 9.17) is 4.74 Å². The number of aromatic amines is 1. The van der Waals surface area contributed by atoms with Crippen LogP contribution in [-0.4, -0.2) is 48.1 Å². The van der Waals surface area contributed by atoms with Gasteiger partial charge < -0.3 is 25.7 Å². The third kappa shape index (κ3) is 5.43. The molecule has 5 rings (SSSR count). The van der Waals surface area contributed by atoms with Crippen molar-refractivity contribution >= 4 is 35.1 Å². The number of carbonyl (C=O) groups excluding carboxylic acids is 2. The molecule has 3 heterocycles. The number of carbonyl (C=O) groups is 2. The number of hydrogen-bond donors (Lipinski definition) is 4. The lowest BCUT2D eigenvalue weighted by molar-refractivity contribution is -0.130. The number of fused-ring (bicyclic) bond motifs is 2. The van der Waals surface area contributed by atoms with E-state index >= 15 is 0 Å². The first-order valence-corrected chi connectivity index (χ1v) is 11.7. The summed E-state index contributed by atoms with van der Waals surface area (Å²) in [4.78, 5) is 29.6. The number of halogens is 1. The average molecular weight is 483 g/mol. The minimum atomic E-state index is -0.669. The predicted octanol–water partition coefficient (Wildman–Crippen LogP) is 2.63. The second kappa shape index (κ2) is 11.0. The van der Waals surface area contributed by atoms with Gasteiger partial charge in [0.2, 0.25) is 11.8 Å². The van der Waals surface area contributed by atoms with E-state index in [1.54, 1.807) is 0 Å². The summed E-state index contributed by atoms with van der Waals surface area (Å²) in [7, 11) is 0. The molecule has 0 bridgehead atoms. The fraction of sp³-hybridized carbons (Fsp3) is 0.385. The van der Waals surface area contributed by atoms with Crippen molar-refractivity contribution < 1.29 is 14.3 Å². The maximum atomic E-state index is 13.2. The van der Waals surface area contributed by atoms with Crippen molar-refractivity contribution in [2.45, 2.75) is 50.4 Å². The van der Waals surface area contributed by atoms with Crippen molar-refractivity contribution in [3.8, 4) is 0 Å². The Hall–Kier alpha value is -2.87. The molecule has 7 nitrogen and oxygen atoms in total. The molecule has 3 atom stereocenters. The van der Waals surface area contributed by atoms with Crippen LogP contribution in [0.3, 0.4) is 0 Å². The van der Waals surface area contributed by atoms with Crippen molar-refractivity contribution in [3.05, 3.63) is 71.4 Å². The van der Waals surface area contributed by atoms with Crippen LogP contribution < -0.4 is 16.0 Å². The van der Waals surface area contributed by atoms with E-state index in [0.29, 0.717) is 25.9 Å². The number of aromatic nitrogens is 1. The van der Waals surface area contributed by atoms with E-state index in [2.05, 4.69) is 33.1 Å². The number of hydrogen-bond acceptors (Lipinski definition) is 4. The molecule has 0 radical (unpaired) electrons. The van der Waals surface area contributed by atoms with E-state index in [1.165, 1.54) is 11.1 Å². The fourth-order valence-electron chi connectivity index (χ4n) is 4.78. The largest absolute Gasteiger partial charge is 0.376 e. The summed E-state index contributed by atoms with van der Waals surface area (Å²) in [6.45, 7) is 1.85. The maximum absolute atomic E-state index is 13.2. The molecule has 0 aliphatic carbocycles. The van der Waals surface area contributed by atoms with Gasteiger partial charge in [0.05, 0.1) is 12.1 Å². The fourth-order valence-corrected chi connectivity index (χ4v) is 4.78. The molecule has 3 unspecified atom stereocenters. The Balaban J connectivity index is 0.00000274. The van der Waals surface area contributed by atoms with Crippen LogP contribution in [-0.2, 0) is 33.7 Å². The molecular weight excluding hydrogens is 452 g/mol. The van der Waals surface area contributed by atoms with Gasteiger partial charge in [-0.2, -0.15) is 0 Å². The van der Waals surface area contributed by atoms with E-state index in [9.17, 15) is 9.59 Å². The lowest BCUT2D eigenvalue weighted by atomic mass is 9.95. The van der Waals surface area contributed by atoms with Crippen molar-refractivity contribution in [1.82, 2.24) is 20.9 Å². The first kappa shape index (κ1) is 24.3. The van der Waals surface area contributed by atoms with Crippen LogP contribution in [0.5, 0.6) is 0 Å². The van der Waals surface area contributed by atoms with Crippen molar-refractivity contribution in [1.29, 1.82) is 0 Å². The zero-order chi connectivity index (χ0) is 22.6. The highest BCUT2D eigenvalue weighted by Crippen LogP contribution is 2.20. The van der Waals surface area contributed by atoms with Gasteiger partial charge in [0.25, 0.3) is 0 Å². The van der Waals surface area contributed by atoms with E-state index < -0.39 is 6.04 Å². The summed E-state index contributed by atoms with van der Waals surface area (Å²) in [6, 6.07) is 15.1. The van der Waals surface area contributed by atoms with Crippen LogP contribution in [0.2, 0.25) is 0 Å². The Labute approximate surface area is 205 Å². The van der Waals surface area contributed by atoms with Gasteiger partial charge in [-0.3, -0.25) is 9.59 Å². The van der Waals surface area contributed by atoms with Crippen LogP contribution in [0.1, 0.15) is 29.5 Å². The van der Waals surface area contributed by atoms with Gasteiger partial charge in [-0.15, -0.1) is 12.4 Å². The minimum Gasteiger partial charge on any atom is -0.376 e. The molecule has 2 aliphatic heterocycles. The first-order chi connectivity index (χ1) is 16.2. The Morgan fingerprint density at radius 3 is 2.71 bits per heavy atom. The number of ether oxygens (including phenoxy) is 1. The smallest absolute Gasteiger partial charge is 0.243 e. The van der Waals surface area contributed by atoms with Gasteiger partial charge in [0, 0.05) is 43.2 Å². The first-order valence-electron chi connectivity index (χ1n) is 11.7. The van der Waals surface area contributed by atoms with Gasteiger partial charge in [0.1, 0.15) is 6.04 Å². The molecule has 4 N–H and O–H groups in total. The Morgan fingerprint density at radius 2 is 1.88 bits per heavy atom. The summed E-state index contributed by atoms with van der Waals surface area (Å²) < 4.78 is 5.64. The molecule has 2 aliphatic rings. The molecule has 2 amide bonds. The summed E-state index contributed by atoms with van der Waals surface area (Å²) in [5.74, 6) is -0.332. The van der Waals surface area contributed by atoms with Gasteiger partial charge in [-0.25, -0.2) is 0 Å². The number of H-pyrrole nitrogens is 1. The van der Waals surface area contributed by atoms with Gasteiger partial charge in [-0.1, -0.05) is 42.5 Å². The third-order valence-corrected chi connectivity index (χ3v) is 6.66. The molecule has 1 aromatic heterocycles. The molecule has 3 aromatic rings. The van der Waals surface area contributed by atoms with Crippen molar-refractivity contribution in [2.24, 2.45) is 0 Å². The number of benzene rings is 2. The third-order valence-electron chi connectivity index (χ3n) is 6.66. The lowest BCUT2D eigenvalue weighted by Gasteiger charge is -2.27. The summed E-state index contributed by atoms with van der Waals surface area (Å²) >= 11 is 0. The molecular formula is C26H31ClN4O3. The minimum absolute atomic E-state index is 0. The normalized spacial score (nSPS) is 20.2. The van der Waals surface area contributed by atoms with Gasteiger partial charge in [0.15, 0.2) is 0 Å². The molecule has 1 saturated heterocycles. The zero-order valence-corrected chi connectivity index (χ0v) is 19.8. The standard InChI is InChI=1S/C26H30N4O3.ClH/c31-25(29-16-20-8-5-11-33-20)24(13-19-15-27-22-10-4-3-9-21(19)22)30-26(32)23-12-17-6-1-2-7-18(17)14-28-23;/h1-4,6-7,9-10,15,20,23-24,27-28H,5,8,11-14,16H2,(H,29,31)(H,30,32);1H. The molecule has 1 fully saturated rings. The monoisotopic (exact) mass is 482 g/mol. The average Bonchev–Trinajstić information content (AvgIpc) is 3.52. The molecule has 0 saturated carbocycles. The number of nitrogens with one attached hydrogen (secondary N) is 4. The van der Waals surface area contributed by atoms with Crippen molar-refractivity contribution in [3.63, 3.8) is 0 Å². The van der Waals surface area contributed by atoms with Crippen LogP contribution in [0, 0.1) is 0 Å². The van der Waals surface area contributed by atoms with Crippen LogP contribution in [0.15, 0.2) is 54.7 Å². The van der Waals surface area contributed by atoms with Crippen LogP contribution in [0.25, 0.3) is 10.9 Å². The summed E-state index contributed by atoms with van der Waals surface area (Å²) in [5, 5.41) is 10.4. The second-order valence-electron chi connectivity index (χ2n) is 8.91. The quantitative estimate of drug-likeness (QED) is 0.416. The van der Waals surface area contributed by atoms with Gasteiger partial charge in [-0.05, 0) is 42.0 Å². The van der Waals surface area contributed by atoms with Gasteiger partial charge >= 0.3 is 0 Å². The predicted molar refractivity (Wildman–Crippen MR) is 134 cm³/mol. The summed E-state index contributed by atoms with van der Waals surface area (Å²) in [6.07, 6.45) is 4.97. The Bertz CT molecular complexity index is 1140. The topological polar surface area (TPSA) is 95.2 Å². The maximum Gasteiger partial charge on any atom is 0.243 e. The van der Waals surface area contributed by atoms with Crippen LogP contribution >= 0.6 is 12.4 Å². The Kier molecular flexibility index (Phi) is 7.88. The SMILES string of the molecule is Cl.O=C(NC(Cc1c[nH]c2ccccc12)C(=O)NCC1CCCO1)C1Cc2ccccc2CN1. The number of para-hydroxylation sites is 1. The molecule has 8 heteroatoms. The number of amides is 2. The second-order valence-corrected chi connectivity index (χ2v) is 8.91. The molecule has 2 aromatic carbocycles. The van der Waals surface area contributed by atoms with E-state index in [0.717, 1.165) is 35.9 Å².